The van der Waals surface area contributed by atoms with Crippen LogP contribution in [0.5, 0.6) is 0 Å². The van der Waals surface area contributed by atoms with E-state index in [1.54, 1.807) is 32.0 Å². The second-order valence-electron chi connectivity index (χ2n) is 5.66. The van der Waals surface area contributed by atoms with Crippen molar-refractivity contribution in [3.8, 4) is 0 Å². The molecule has 1 aromatic heterocycles. The summed E-state index contributed by atoms with van der Waals surface area (Å²) in [6.07, 6.45) is -0.393. The Balaban J connectivity index is 1.89. The predicted octanol–water partition coefficient (Wildman–Crippen LogP) is 3.10. The molecule has 1 N–H and O–H groups in total. The third-order valence-electron chi connectivity index (χ3n) is 4.00. The van der Waals surface area contributed by atoms with Crippen molar-refractivity contribution in [2.45, 2.75) is 24.8 Å². The highest BCUT2D eigenvalue weighted by Crippen LogP contribution is 2.31. The Bertz CT molecular complexity index is 847. The molecule has 0 saturated carbocycles. The molecule has 1 aliphatic heterocycles. The van der Waals surface area contributed by atoms with Crippen LogP contribution in [0.15, 0.2) is 23.1 Å². The molecule has 24 heavy (non-hydrogen) atoms. The minimum Gasteiger partial charge on any atom is -0.371 e. The molecule has 1 atom stereocenters. The van der Waals surface area contributed by atoms with E-state index in [1.165, 1.54) is 4.31 Å². The molecule has 2 aromatic rings. The average molecular weight is 390 g/mol. The summed E-state index contributed by atoms with van der Waals surface area (Å²) in [5.41, 5.74) is 1.79. The zero-order valence-corrected chi connectivity index (χ0v) is 15.5. The minimum absolute atomic E-state index is 0.213. The Labute approximate surface area is 150 Å². The summed E-state index contributed by atoms with van der Waals surface area (Å²) < 4.78 is 33.1. The molecule has 1 saturated heterocycles. The van der Waals surface area contributed by atoms with Crippen LogP contribution in [-0.4, -0.2) is 42.6 Å². The number of H-pyrrole nitrogens is 1. The van der Waals surface area contributed by atoms with E-state index in [4.69, 9.17) is 27.9 Å². The van der Waals surface area contributed by atoms with E-state index in [1.807, 2.05) is 0 Å². The number of morpholine rings is 1. The monoisotopic (exact) mass is 389 g/mol. The third kappa shape index (κ3) is 3.19. The van der Waals surface area contributed by atoms with Crippen molar-refractivity contribution < 1.29 is 13.2 Å². The fraction of sp³-hybridized carbons (Fsp3) is 0.400. The topological polar surface area (TPSA) is 75.3 Å². The Morgan fingerprint density at radius 1 is 1.29 bits per heavy atom. The van der Waals surface area contributed by atoms with Crippen LogP contribution in [0.4, 0.5) is 0 Å². The second-order valence-corrected chi connectivity index (χ2v) is 8.35. The number of aryl methyl sites for hydroxylation is 2. The molecule has 3 rings (SSSR count). The van der Waals surface area contributed by atoms with Gasteiger partial charge in [0.05, 0.1) is 34.1 Å². The third-order valence-corrected chi connectivity index (χ3v) is 6.87. The van der Waals surface area contributed by atoms with Gasteiger partial charge in [0.15, 0.2) is 0 Å². The quantitative estimate of drug-likeness (QED) is 0.874. The number of rotatable bonds is 3. The largest absolute Gasteiger partial charge is 0.371 e. The van der Waals surface area contributed by atoms with Crippen LogP contribution < -0.4 is 0 Å². The number of ether oxygens (including phenoxy) is 1. The molecule has 9 heteroatoms. The molecule has 1 aliphatic rings. The maximum Gasteiger partial charge on any atom is 0.246 e. The van der Waals surface area contributed by atoms with Crippen LogP contribution in [0.1, 0.15) is 23.1 Å². The second kappa shape index (κ2) is 6.65. The molecule has 0 radical (unpaired) electrons. The molecule has 1 fully saturated rings. The van der Waals surface area contributed by atoms with Crippen LogP contribution >= 0.6 is 23.2 Å². The Hall–Kier alpha value is -1.12. The van der Waals surface area contributed by atoms with E-state index in [2.05, 4.69) is 10.2 Å². The first-order valence-electron chi connectivity index (χ1n) is 7.39. The van der Waals surface area contributed by atoms with Crippen molar-refractivity contribution in [2.24, 2.45) is 0 Å². The number of aromatic nitrogens is 2. The highest BCUT2D eigenvalue weighted by molar-refractivity contribution is 7.89. The molecule has 130 valence electrons. The van der Waals surface area contributed by atoms with Gasteiger partial charge in [0.2, 0.25) is 10.0 Å². The molecule has 1 aromatic carbocycles. The fourth-order valence-electron chi connectivity index (χ4n) is 2.81. The molecule has 0 bridgehead atoms. The summed E-state index contributed by atoms with van der Waals surface area (Å²) in [5.74, 6) is 0. The Morgan fingerprint density at radius 3 is 2.67 bits per heavy atom. The van der Waals surface area contributed by atoms with Crippen LogP contribution in [0, 0.1) is 13.8 Å². The molecule has 0 aliphatic carbocycles. The van der Waals surface area contributed by atoms with E-state index in [0.29, 0.717) is 34.6 Å². The summed E-state index contributed by atoms with van der Waals surface area (Å²) in [6.45, 7) is 4.19. The van der Waals surface area contributed by atoms with Gasteiger partial charge in [0, 0.05) is 13.1 Å². The van der Waals surface area contributed by atoms with Gasteiger partial charge < -0.3 is 4.74 Å². The summed E-state index contributed by atoms with van der Waals surface area (Å²) >= 11 is 12.0. The lowest BCUT2D eigenvalue weighted by Crippen LogP contribution is -2.42. The molecule has 1 unspecified atom stereocenters. The predicted molar refractivity (Wildman–Crippen MR) is 92.0 cm³/mol. The van der Waals surface area contributed by atoms with Gasteiger partial charge in [-0.25, -0.2) is 8.42 Å². The van der Waals surface area contributed by atoms with Gasteiger partial charge in [-0.05, 0) is 31.5 Å². The number of benzene rings is 1. The average Bonchev–Trinajstić information content (AvgIpc) is 2.89. The van der Waals surface area contributed by atoms with Crippen LogP contribution in [0.2, 0.25) is 10.0 Å². The SMILES string of the molecule is Cc1n[nH]c(C)c1S(=O)(=O)N1CCOC(c2ccc(Cl)c(Cl)c2)C1. The minimum atomic E-state index is -3.64. The van der Waals surface area contributed by atoms with Gasteiger partial charge in [0.25, 0.3) is 0 Å². The van der Waals surface area contributed by atoms with Crippen molar-refractivity contribution in [1.29, 1.82) is 0 Å². The van der Waals surface area contributed by atoms with Crippen molar-refractivity contribution in [3.63, 3.8) is 0 Å². The molecular weight excluding hydrogens is 373 g/mol. The maximum atomic E-state index is 13.0. The molecule has 0 spiro atoms. The summed E-state index contributed by atoms with van der Waals surface area (Å²) in [6, 6.07) is 5.18. The lowest BCUT2D eigenvalue weighted by atomic mass is 10.1. The molecule has 2 heterocycles. The van der Waals surface area contributed by atoms with E-state index in [0.717, 1.165) is 5.56 Å². The fourth-order valence-corrected chi connectivity index (χ4v) is 4.87. The van der Waals surface area contributed by atoms with E-state index >= 15 is 0 Å². The van der Waals surface area contributed by atoms with E-state index in [-0.39, 0.29) is 11.4 Å². The summed E-state index contributed by atoms with van der Waals surface area (Å²) in [4.78, 5) is 0.234. The number of nitrogens with zero attached hydrogens (tertiary/aromatic N) is 2. The van der Waals surface area contributed by atoms with Crippen LogP contribution in [0.3, 0.4) is 0 Å². The number of nitrogens with one attached hydrogen (secondary N) is 1. The molecule has 0 amide bonds. The zero-order chi connectivity index (χ0) is 17.5. The summed E-state index contributed by atoms with van der Waals surface area (Å²) in [5, 5.41) is 7.57. The summed E-state index contributed by atoms with van der Waals surface area (Å²) in [7, 11) is -3.64. The highest BCUT2D eigenvalue weighted by Gasteiger charge is 2.34. The number of hydrogen-bond acceptors (Lipinski definition) is 4. The number of sulfonamides is 1. The van der Waals surface area contributed by atoms with Crippen molar-refractivity contribution >= 4 is 33.2 Å². The standard InChI is InChI=1S/C15H17Cl2N3O3S/c1-9-15(10(2)19-18-9)24(21,22)20-5-6-23-14(8-20)11-3-4-12(16)13(17)7-11/h3-4,7,14H,5-6,8H2,1-2H3,(H,18,19). The number of halogens is 2. The van der Waals surface area contributed by atoms with Gasteiger partial charge in [0.1, 0.15) is 4.90 Å². The van der Waals surface area contributed by atoms with Gasteiger partial charge in [-0.15, -0.1) is 0 Å². The van der Waals surface area contributed by atoms with Crippen LogP contribution in [-0.2, 0) is 14.8 Å². The highest BCUT2D eigenvalue weighted by atomic mass is 35.5. The first-order chi connectivity index (χ1) is 11.3. The van der Waals surface area contributed by atoms with Crippen molar-refractivity contribution in [2.75, 3.05) is 19.7 Å². The Morgan fingerprint density at radius 2 is 2.04 bits per heavy atom. The maximum absolute atomic E-state index is 13.0. The van der Waals surface area contributed by atoms with Gasteiger partial charge >= 0.3 is 0 Å². The zero-order valence-electron chi connectivity index (χ0n) is 13.2. The lowest BCUT2D eigenvalue weighted by molar-refractivity contribution is -0.00257. The van der Waals surface area contributed by atoms with Gasteiger partial charge in [-0.3, -0.25) is 5.10 Å². The van der Waals surface area contributed by atoms with Crippen LogP contribution in [0.25, 0.3) is 0 Å². The van der Waals surface area contributed by atoms with Gasteiger partial charge in [-0.2, -0.15) is 9.40 Å². The van der Waals surface area contributed by atoms with Crippen molar-refractivity contribution in [3.05, 3.63) is 45.2 Å². The normalized spacial score (nSPS) is 19.6. The smallest absolute Gasteiger partial charge is 0.246 e. The molecular formula is C15H17Cl2N3O3S. The first-order valence-corrected chi connectivity index (χ1v) is 9.58. The Kier molecular flexibility index (Phi) is 4.90. The first kappa shape index (κ1) is 17.7. The number of hydrogen-bond donors (Lipinski definition) is 1. The van der Waals surface area contributed by atoms with E-state index < -0.39 is 16.1 Å². The van der Waals surface area contributed by atoms with E-state index in [9.17, 15) is 8.42 Å². The van der Waals surface area contributed by atoms with Gasteiger partial charge in [-0.1, -0.05) is 29.3 Å². The lowest BCUT2D eigenvalue weighted by Gasteiger charge is -2.32. The molecule has 6 nitrogen and oxygen atoms in total. The van der Waals surface area contributed by atoms with Crippen molar-refractivity contribution in [1.82, 2.24) is 14.5 Å². The number of aromatic amines is 1.